The maximum absolute atomic E-state index is 12.8. The molecule has 0 radical (unpaired) electrons. The van der Waals surface area contributed by atoms with Crippen LogP contribution in [0.5, 0.6) is 5.88 Å². The molecule has 2 heterocycles. The molecule has 0 aliphatic rings. The normalized spacial score (nSPS) is 11.7. The highest BCUT2D eigenvalue weighted by Crippen LogP contribution is 2.25. The molecule has 0 aliphatic carbocycles. The topological polar surface area (TPSA) is 94.1 Å². The summed E-state index contributed by atoms with van der Waals surface area (Å²) in [6, 6.07) is 10.1. The second kappa shape index (κ2) is 7.87. The molecule has 3 rings (SSSR count). The maximum atomic E-state index is 12.8. The van der Waals surface area contributed by atoms with Crippen molar-refractivity contribution in [2.45, 2.75) is 32.1 Å². The Kier molecular flexibility index (Phi) is 5.55. The molecular weight excluding hydrogens is 364 g/mol. The van der Waals surface area contributed by atoms with Gasteiger partial charge in [-0.2, -0.15) is 0 Å². The van der Waals surface area contributed by atoms with Crippen LogP contribution in [0.15, 0.2) is 47.5 Å². The average Bonchev–Trinajstić information content (AvgIpc) is 2.63. The zero-order chi connectivity index (χ0) is 19.4. The summed E-state index contributed by atoms with van der Waals surface area (Å²) in [6.45, 7) is 6.67. The lowest BCUT2D eigenvalue weighted by atomic mass is 10.1. The number of rotatable bonds is 7. The molecule has 8 heteroatoms. The van der Waals surface area contributed by atoms with Crippen molar-refractivity contribution < 1.29 is 13.2 Å². The third-order valence-corrected chi connectivity index (χ3v) is 5.45. The highest BCUT2D eigenvalue weighted by molar-refractivity contribution is 7.93. The van der Waals surface area contributed by atoms with Crippen LogP contribution in [0.2, 0.25) is 0 Å². The molecular formula is C19H22N4O3S. The fourth-order valence-corrected chi connectivity index (χ4v) is 3.71. The molecule has 0 fully saturated rings. The Morgan fingerprint density at radius 1 is 1.11 bits per heavy atom. The fraction of sp³-hybridized carbons (Fsp3) is 0.316. The van der Waals surface area contributed by atoms with Crippen LogP contribution in [0.3, 0.4) is 0 Å². The van der Waals surface area contributed by atoms with Crippen molar-refractivity contribution in [1.82, 2.24) is 15.2 Å². The van der Waals surface area contributed by atoms with E-state index in [1.807, 2.05) is 13.0 Å². The molecule has 142 valence electrons. The summed E-state index contributed by atoms with van der Waals surface area (Å²) >= 11 is 0. The van der Waals surface area contributed by atoms with Crippen LogP contribution < -0.4 is 9.46 Å². The zero-order valence-electron chi connectivity index (χ0n) is 15.5. The summed E-state index contributed by atoms with van der Waals surface area (Å²) in [5, 5.41) is 8.61. The minimum atomic E-state index is -3.85. The Hall–Kier alpha value is -2.74. The van der Waals surface area contributed by atoms with E-state index in [0.717, 1.165) is 17.4 Å². The predicted octanol–water partition coefficient (Wildman–Crippen LogP) is 3.56. The summed E-state index contributed by atoms with van der Waals surface area (Å²) in [5.41, 5.74) is 1.38. The number of nitrogens with zero attached hydrogens (tertiary/aromatic N) is 3. The van der Waals surface area contributed by atoms with E-state index in [2.05, 4.69) is 33.8 Å². The molecule has 0 amide bonds. The average molecular weight is 386 g/mol. The van der Waals surface area contributed by atoms with Crippen molar-refractivity contribution in [3.63, 3.8) is 0 Å². The van der Waals surface area contributed by atoms with E-state index in [-0.39, 0.29) is 10.7 Å². The molecule has 7 nitrogen and oxygen atoms in total. The monoisotopic (exact) mass is 386 g/mol. The van der Waals surface area contributed by atoms with Gasteiger partial charge in [-0.05, 0) is 43.0 Å². The number of aryl methyl sites for hydroxylation is 1. The van der Waals surface area contributed by atoms with Gasteiger partial charge in [-0.1, -0.05) is 26.0 Å². The number of benzene rings is 1. The minimum absolute atomic E-state index is 0.0998. The quantitative estimate of drug-likeness (QED) is 0.667. The van der Waals surface area contributed by atoms with E-state index in [4.69, 9.17) is 4.74 Å². The zero-order valence-corrected chi connectivity index (χ0v) is 16.3. The van der Waals surface area contributed by atoms with Gasteiger partial charge in [0.05, 0.1) is 12.1 Å². The van der Waals surface area contributed by atoms with Gasteiger partial charge in [-0.25, -0.2) is 8.42 Å². The summed E-state index contributed by atoms with van der Waals surface area (Å²) in [7, 11) is -3.85. The van der Waals surface area contributed by atoms with Gasteiger partial charge < -0.3 is 4.74 Å². The Bertz CT molecular complexity index is 1030. The molecule has 1 aromatic carbocycles. The van der Waals surface area contributed by atoms with Gasteiger partial charge in [0.15, 0.2) is 5.82 Å². The van der Waals surface area contributed by atoms with E-state index >= 15 is 0 Å². The van der Waals surface area contributed by atoms with Crippen LogP contribution in [0.4, 0.5) is 5.82 Å². The third-order valence-electron chi connectivity index (χ3n) is 4.06. The maximum Gasteiger partial charge on any atom is 0.265 e. The molecule has 3 aromatic rings. The van der Waals surface area contributed by atoms with Crippen LogP contribution >= 0.6 is 0 Å². The molecule has 1 N–H and O–H groups in total. The van der Waals surface area contributed by atoms with Crippen LogP contribution in [-0.2, 0) is 10.0 Å². The van der Waals surface area contributed by atoms with E-state index < -0.39 is 10.0 Å². The summed E-state index contributed by atoms with van der Waals surface area (Å²) in [5.74, 6) is 1.01. The van der Waals surface area contributed by atoms with Crippen molar-refractivity contribution in [3.05, 3.63) is 48.2 Å². The lowest BCUT2D eigenvalue weighted by Crippen LogP contribution is -2.15. The van der Waals surface area contributed by atoms with Gasteiger partial charge in [0.25, 0.3) is 10.0 Å². The molecule has 0 spiro atoms. The van der Waals surface area contributed by atoms with E-state index in [0.29, 0.717) is 23.9 Å². The molecule has 0 aliphatic heterocycles. The molecule has 0 unspecified atom stereocenters. The van der Waals surface area contributed by atoms with Crippen LogP contribution in [0.1, 0.15) is 25.8 Å². The first kappa shape index (κ1) is 19.0. The number of hydrogen-bond acceptors (Lipinski definition) is 6. The van der Waals surface area contributed by atoms with Crippen molar-refractivity contribution in [1.29, 1.82) is 0 Å². The summed E-state index contributed by atoms with van der Waals surface area (Å²) < 4.78 is 33.6. The van der Waals surface area contributed by atoms with Gasteiger partial charge >= 0.3 is 0 Å². The predicted molar refractivity (Wildman–Crippen MR) is 104 cm³/mol. The Morgan fingerprint density at radius 3 is 2.63 bits per heavy atom. The van der Waals surface area contributed by atoms with E-state index in [9.17, 15) is 8.42 Å². The van der Waals surface area contributed by atoms with Gasteiger partial charge in [0.1, 0.15) is 4.90 Å². The molecule has 0 saturated heterocycles. The number of ether oxygens (including phenoxy) is 1. The number of pyridine rings is 1. The molecule has 27 heavy (non-hydrogen) atoms. The minimum Gasteiger partial charge on any atom is -0.477 e. The largest absolute Gasteiger partial charge is 0.477 e. The van der Waals surface area contributed by atoms with Crippen molar-refractivity contribution in [2.24, 2.45) is 5.92 Å². The lowest BCUT2D eigenvalue weighted by Gasteiger charge is -2.11. The highest BCUT2D eigenvalue weighted by Gasteiger charge is 2.20. The number of aromatic nitrogens is 3. The Morgan fingerprint density at radius 2 is 1.93 bits per heavy atom. The molecule has 0 atom stereocenters. The number of sulfonamides is 1. The molecule has 2 aromatic heterocycles. The van der Waals surface area contributed by atoms with Crippen LogP contribution in [0.25, 0.3) is 10.9 Å². The van der Waals surface area contributed by atoms with Crippen molar-refractivity contribution in [3.8, 4) is 5.88 Å². The summed E-state index contributed by atoms with van der Waals surface area (Å²) in [4.78, 5) is 4.34. The standard InChI is InChI=1S/C19H22N4O3S/c1-13(2)10-12-26-18-9-8-17(21-22-18)23-27(24,25)16-7-6-14(3)15-5-4-11-20-19(15)16/h4-9,11,13H,10,12H2,1-3H3,(H,21,23). The summed E-state index contributed by atoms with van der Waals surface area (Å²) in [6.07, 6.45) is 2.48. The Labute approximate surface area is 158 Å². The third kappa shape index (κ3) is 4.51. The first-order valence-corrected chi connectivity index (χ1v) is 10.2. The Balaban J connectivity index is 1.80. The van der Waals surface area contributed by atoms with E-state index in [1.54, 1.807) is 30.5 Å². The highest BCUT2D eigenvalue weighted by atomic mass is 32.2. The second-order valence-electron chi connectivity index (χ2n) is 6.67. The smallest absolute Gasteiger partial charge is 0.265 e. The van der Waals surface area contributed by atoms with Crippen LogP contribution in [0, 0.1) is 12.8 Å². The van der Waals surface area contributed by atoms with E-state index in [1.165, 1.54) is 6.07 Å². The van der Waals surface area contributed by atoms with Gasteiger partial charge in [-0.3, -0.25) is 9.71 Å². The molecule has 0 saturated carbocycles. The lowest BCUT2D eigenvalue weighted by molar-refractivity contribution is 0.276. The number of fused-ring (bicyclic) bond motifs is 1. The number of hydrogen-bond donors (Lipinski definition) is 1. The van der Waals surface area contributed by atoms with Gasteiger partial charge in [0, 0.05) is 17.6 Å². The number of nitrogens with one attached hydrogen (secondary N) is 1. The fourth-order valence-electron chi connectivity index (χ4n) is 2.55. The van der Waals surface area contributed by atoms with Gasteiger partial charge in [0.2, 0.25) is 5.88 Å². The second-order valence-corrected chi connectivity index (χ2v) is 8.32. The molecule has 0 bridgehead atoms. The number of anilines is 1. The van der Waals surface area contributed by atoms with Crippen molar-refractivity contribution in [2.75, 3.05) is 11.3 Å². The van der Waals surface area contributed by atoms with Gasteiger partial charge in [-0.15, -0.1) is 10.2 Å². The van der Waals surface area contributed by atoms with Crippen LogP contribution in [-0.4, -0.2) is 30.2 Å². The first-order valence-electron chi connectivity index (χ1n) is 8.70. The first-order chi connectivity index (χ1) is 12.9. The SMILES string of the molecule is Cc1ccc(S(=O)(=O)Nc2ccc(OCCC(C)C)nn2)c2ncccc12. The van der Waals surface area contributed by atoms with Crippen molar-refractivity contribution >= 4 is 26.7 Å².